The van der Waals surface area contributed by atoms with Crippen LogP contribution in [0.25, 0.3) is 0 Å². The van der Waals surface area contributed by atoms with E-state index in [9.17, 15) is 9.59 Å². The first-order valence-electron chi connectivity index (χ1n) is 8.86. The highest BCUT2D eigenvalue weighted by molar-refractivity contribution is 5.87. The van der Waals surface area contributed by atoms with Crippen LogP contribution in [0, 0.1) is 0 Å². The summed E-state index contributed by atoms with van der Waals surface area (Å²) in [5, 5.41) is 18.1. The van der Waals surface area contributed by atoms with Gasteiger partial charge in [-0.15, -0.1) is 0 Å². The van der Waals surface area contributed by atoms with Crippen molar-refractivity contribution < 1.29 is 19.8 Å². The Labute approximate surface area is 152 Å². The lowest BCUT2D eigenvalue weighted by Crippen LogP contribution is -2.39. The highest BCUT2D eigenvalue weighted by Crippen LogP contribution is 2.27. The standard InChI is InChI=1S/C21H23NO4/c23-14-16-5-3-15(4-6-16)12-20(24)22-11-1-2-19(13-22)17-7-9-18(10-8-17)21(25)26/h3-10,19,23H,1-2,11-14H2,(H,25,26). The van der Waals surface area contributed by atoms with Crippen molar-refractivity contribution in [1.82, 2.24) is 4.90 Å². The molecule has 0 aromatic heterocycles. The minimum absolute atomic E-state index is 0.00268. The molecule has 2 aromatic carbocycles. The van der Waals surface area contributed by atoms with Crippen molar-refractivity contribution in [2.45, 2.75) is 31.8 Å². The van der Waals surface area contributed by atoms with Gasteiger partial charge in [-0.3, -0.25) is 4.79 Å². The maximum absolute atomic E-state index is 12.6. The third-order valence-electron chi connectivity index (χ3n) is 4.96. The summed E-state index contributed by atoms with van der Waals surface area (Å²) in [6.07, 6.45) is 2.30. The number of likely N-dealkylation sites (tertiary alicyclic amines) is 1. The molecule has 1 atom stereocenters. The summed E-state index contributed by atoms with van der Waals surface area (Å²) in [4.78, 5) is 25.5. The van der Waals surface area contributed by atoms with Crippen molar-refractivity contribution >= 4 is 11.9 Å². The molecule has 3 rings (SSSR count). The Morgan fingerprint density at radius 3 is 2.27 bits per heavy atom. The van der Waals surface area contributed by atoms with Crippen LogP contribution in [0.4, 0.5) is 0 Å². The van der Waals surface area contributed by atoms with E-state index in [4.69, 9.17) is 10.2 Å². The topological polar surface area (TPSA) is 77.8 Å². The van der Waals surface area contributed by atoms with E-state index in [1.54, 1.807) is 12.1 Å². The first-order chi connectivity index (χ1) is 12.6. The average Bonchev–Trinajstić information content (AvgIpc) is 2.68. The van der Waals surface area contributed by atoms with Crippen LogP contribution in [-0.2, 0) is 17.8 Å². The molecule has 1 fully saturated rings. The van der Waals surface area contributed by atoms with Crippen LogP contribution in [0.1, 0.15) is 45.8 Å². The first-order valence-corrected chi connectivity index (χ1v) is 8.86. The third-order valence-corrected chi connectivity index (χ3v) is 4.96. The monoisotopic (exact) mass is 353 g/mol. The highest BCUT2D eigenvalue weighted by atomic mass is 16.4. The maximum Gasteiger partial charge on any atom is 0.335 e. The largest absolute Gasteiger partial charge is 0.478 e. The number of carboxylic acids is 1. The van der Waals surface area contributed by atoms with Gasteiger partial charge in [-0.05, 0) is 41.7 Å². The van der Waals surface area contributed by atoms with Crippen molar-refractivity contribution in [3.63, 3.8) is 0 Å². The van der Waals surface area contributed by atoms with Gasteiger partial charge in [0, 0.05) is 19.0 Å². The van der Waals surface area contributed by atoms with Crippen LogP contribution in [0.3, 0.4) is 0 Å². The number of carboxylic acid groups (broad SMARTS) is 1. The van der Waals surface area contributed by atoms with E-state index in [2.05, 4.69) is 0 Å². The highest BCUT2D eigenvalue weighted by Gasteiger charge is 2.24. The molecular formula is C21H23NO4. The molecule has 0 spiro atoms. The van der Waals surface area contributed by atoms with Crippen LogP contribution in [0.2, 0.25) is 0 Å². The first kappa shape index (κ1) is 18.1. The van der Waals surface area contributed by atoms with Gasteiger partial charge in [0.15, 0.2) is 0 Å². The summed E-state index contributed by atoms with van der Waals surface area (Å²) in [6, 6.07) is 14.4. The van der Waals surface area contributed by atoms with Gasteiger partial charge in [-0.25, -0.2) is 4.79 Å². The number of benzene rings is 2. The number of aliphatic hydroxyl groups excluding tert-OH is 1. The van der Waals surface area contributed by atoms with Crippen LogP contribution in [-0.4, -0.2) is 40.1 Å². The zero-order valence-corrected chi connectivity index (χ0v) is 14.6. The number of carbonyl (C=O) groups is 2. The molecule has 1 aliphatic rings. The molecule has 1 heterocycles. The van der Waals surface area contributed by atoms with Crippen molar-refractivity contribution in [1.29, 1.82) is 0 Å². The lowest BCUT2D eigenvalue weighted by Gasteiger charge is -2.33. The number of rotatable bonds is 5. The summed E-state index contributed by atoms with van der Waals surface area (Å²) in [5.74, 6) is -0.579. The molecule has 0 radical (unpaired) electrons. The maximum atomic E-state index is 12.6. The predicted molar refractivity (Wildman–Crippen MR) is 98.0 cm³/mol. The zero-order chi connectivity index (χ0) is 18.5. The van der Waals surface area contributed by atoms with Crippen LogP contribution in [0.15, 0.2) is 48.5 Å². The Morgan fingerprint density at radius 1 is 1.00 bits per heavy atom. The summed E-state index contributed by atoms with van der Waals surface area (Å²) in [7, 11) is 0. The van der Waals surface area contributed by atoms with Crippen molar-refractivity contribution in [3.05, 3.63) is 70.8 Å². The number of amides is 1. The van der Waals surface area contributed by atoms with Gasteiger partial charge in [-0.1, -0.05) is 36.4 Å². The van der Waals surface area contributed by atoms with E-state index in [1.165, 1.54) is 0 Å². The smallest absolute Gasteiger partial charge is 0.335 e. The molecule has 2 N–H and O–H groups in total. The molecule has 5 nitrogen and oxygen atoms in total. The second-order valence-electron chi connectivity index (χ2n) is 6.76. The molecule has 26 heavy (non-hydrogen) atoms. The van der Waals surface area contributed by atoms with Gasteiger partial charge in [-0.2, -0.15) is 0 Å². The summed E-state index contributed by atoms with van der Waals surface area (Å²) in [5.41, 5.74) is 3.15. The number of nitrogens with zero attached hydrogens (tertiary/aromatic N) is 1. The molecule has 0 bridgehead atoms. The van der Waals surface area contributed by atoms with E-state index in [1.807, 2.05) is 41.3 Å². The fourth-order valence-corrected chi connectivity index (χ4v) is 3.42. The van der Waals surface area contributed by atoms with Crippen molar-refractivity contribution in [2.75, 3.05) is 13.1 Å². The Kier molecular flexibility index (Phi) is 5.68. The van der Waals surface area contributed by atoms with Gasteiger partial charge in [0.05, 0.1) is 18.6 Å². The predicted octanol–water partition coefficient (Wildman–Crippen LogP) is 2.83. The lowest BCUT2D eigenvalue weighted by molar-refractivity contribution is -0.131. The van der Waals surface area contributed by atoms with Gasteiger partial charge in [0.25, 0.3) is 0 Å². The van der Waals surface area contributed by atoms with Gasteiger partial charge < -0.3 is 15.1 Å². The Balaban J connectivity index is 1.63. The molecule has 136 valence electrons. The van der Waals surface area contributed by atoms with E-state index in [0.717, 1.165) is 36.1 Å². The Morgan fingerprint density at radius 2 is 1.65 bits per heavy atom. The molecule has 0 saturated carbocycles. The van der Waals surface area contributed by atoms with Crippen molar-refractivity contribution in [3.8, 4) is 0 Å². The number of carbonyl (C=O) groups excluding carboxylic acids is 1. The Hall–Kier alpha value is -2.66. The zero-order valence-electron chi connectivity index (χ0n) is 14.6. The van der Waals surface area contributed by atoms with Crippen LogP contribution < -0.4 is 0 Å². The molecule has 1 saturated heterocycles. The molecule has 1 aliphatic heterocycles. The average molecular weight is 353 g/mol. The van der Waals surface area contributed by atoms with Crippen LogP contribution in [0.5, 0.6) is 0 Å². The fourth-order valence-electron chi connectivity index (χ4n) is 3.42. The molecule has 1 amide bonds. The number of hydrogen-bond acceptors (Lipinski definition) is 3. The second-order valence-corrected chi connectivity index (χ2v) is 6.76. The minimum atomic E-state index is -0.927. The van der Waals surface area contributed by atoms with E-state index < -0.39 is 5.97 Å². The molecule has 1 unspecified atom stereocenters. The number of piperidine rings is 1. The quantitative estimate of drug-likeness (QED) is 0.866. The molecule has 5 heteroatoms. The fraction of sp³-hybridized carbons (Fsp3) is 0.333. The summed E-state index contributed by atoms with van der Waals surface area (Å²) in [6.45, 7) is 1.43. The van der Waals surface area contributed by atoms with E-state index in [0.29, 0.717) is 13.0 Å². The van der Waals surface area contributed by atoms with Crippen LogP contribution >= 0.6 is 0 Å². The molecule has 2 aromatic rings. The summed E-state index contributed by atoms with van der Waals surface area (Å²) >= 11 is 0. The third kappa shape index (κ3) is 4.29. The molecule has 0 aliphatic carbocycles. The van der Waals surface area contributed by atoms with Gasteiger partial charge in [0.1, 0.15) is 0 Å². The van der Waals surface area contributed by atoms with E-state index >= 15 is 0 Å². The number of aliphatic hydroxyl groups is 1. The lowest BCUT2D eigenvalue weighted by atomic mass is 9.90. The van der Waals surface area contributed by atoms with Gasteiger partial charge in [0.2, 0.25) is 5.91 Å². The Bertz CT molecular complexity index is 768. The van der Waals surface area contributed by atoms with Gasteiger partial charge >= 0.3 is 5.97 Å². The number of aromatic carboxylic acids is 1. The number of hydrogen-bond donors (Lipinski definition) is 2. The van der Waals surface area contributed by atoms with E-state index in [-0.39, 0.29) is 24.0 Å². The van der Waals surface area contributed by atoms with Crippen molar-refractivity contribution in [2.24, 2.45) is 0 Å². The minimum Gasteiger partial charge on any atom is -0.478 e. The SMILES string of the molecule is O=C(O)c1ccc(C2CCCN(C(=O)Cc3ccc(CO)cc3)C2)cc1. The normalized spacial score (nSPS) is 17.1. The second kappa shape index (κ2) is 8.15. The summed E-state index contributed by atoms with van der Waals surface area (Å²) < 4.78 is 0. The molecular weight excluding hydrogens is 330 g/mol.